The second kappa shape index (κ2) is 28.0. The van der Waals surface area contributed by atoms with Crippen molar-refractivity contribution in [2.75, 3.05) is 6.61 Å². The number of aliphatic hydroxyl groups excluding tert-OH is 1. The summed E-state index contributed by atoms with van der Waals surface area (Å²) in [5.74, 6) is 0. The predicted molar refractivity (Wildman–Crippen MR) is 141 cm³/mol. The van der Waals surface area contributed by atoms with E-state index in [0.717, 1.165) is 6.42 Å². The Morgan fingerprint density at radius 3 is 0.871 bits per heavy atom. The minimum atomic E-state index is 0.00420. The van der Waals surface area contributed by atoms with E-state index in [2.05, 4.69) is 6.92 Å². The molecule has 1 atom stereocenters. The largest absolute Gasteiger partial charge is 0.395 e. The molecule has 188 valence electrons. The second-order valence-electron chi connectivity index (χ2n) is 10.2. The first-order valence-electron chi connectivity index (χ1n) is 14.7. The number of aliphatic hydroxyl groups is 1. The van der Waals surface area contributed by atoms with Gasteiger partial charge < -0.3 is 10.8 Å². The molecular weight excluding hydrogens is 378 g/mol. The number of hydrogen-bond acceptors (Lipinski definition) is 2. The Morgan fingerprint density at radius 1 is 0.419 bits per heavy atom. The summed E-state index contributed by atoms with van der Waals surface area (Å²) in [4.78, 5) is 0. The fourth-order valence-corrected chi connectivity index (χ4v) is 4.64. The lowest BCUT2D eigenvalue weighted by molar-refractivity contribution is 0.257. The molecule has 0 aliphatic heterocycles. The second-order valence-corrected chi connectivity index (χ2v) is 10.2. The van der Waals surface area contributed by atoms with E-state index in [1.54, 1.807) is 0 Å². The number of unbranched alkanes of at least 4 members (excludes halogenated alkanes) is 24. The van der Waals surface area contributed by atoms with E-state index < -0.39 is 0 Å². The van der Waals surface area contributed by atoms with Gasteiger partial charge in [-0.25, -0.2) is 0 Å². The first-order valence-corrected chi connectivity index (χ1v) is 14.7. The third kappa shape index (κ3) is 27.9. The van der Waals surface area contributed by atoms with Gasteiger partial charge in [-0.3, -0.25) is 0 Å². The fraction of sp³-hybridized carbons (Fsp3) is 1.00. The van der Waals surface area contributed by atoms with Crippen LogP contribution >= 0.6 is 0 Å². The molecule has 0 spiro atoms. The summed E-state index contributed by atoms with van der Waals surface area (Å²) in [6, 6.07) is 0.00420. The summed E-state index contributed by atoms with van der Waals surface area (Å²) in [6.07, 6.45) is 36.8. The van der Waals surface area contributed by atoms with Crippen LogP contribution in [0.25, 0.3) is 0 Å². The van der Waals surface area contributed by atoms with E-state index in [4.69, 9.17) is 10.8 Å². The van der Waals surface area contributed by atoms with E-state index in [9.17, 15) is 0 Å². The number of rotatable bonds is 27. The van der Waals surface area contributed by atoms with Crippen molar-refractivity contribution in [3.05, 3.63) is 0 Å². The summed E-state index contributed by atoms with van der Waals surface area (Å²) < 4.78 is 0. The summed E-state index contributed by atoms with van der Waals surface area (Å²) >= 11 is 0. The van der Waals surface area contributed by atoms with Crippen LogP contribution in [-0.2, 0) is 0 Å². The number of nitrogens with two attached hydrogens (primary N) is 1. The first kappa shape index (κ1) is 30.9. The Kier molecular flexibility index (Phi) is 27.9. The van der Waals surface area contributed by atoms with Crippen LogP contribution in [0.3, 0.4) is 0 Å². The monoisotopic (exact) mass is 439 g/mol. The molecule has 0 bridgehead atoms. The van der Waals surface area contributed by atoms with Crippen molar-refractivity contribution in [2.24, 2.45) is 5.73 Å². The molecule has 0 aliphatic carbocycles. The van der Waals surface area contributed by atoms with Crippen molar-refractivity contribution in [1.29, 1.82) is 0 Å². The Balaban J connectivity index is 3.01. The highest BCUT2D eigenvalue weighted by molar-refractivity contribution is 4.58. The van der Waals surface area contributed by atoms with Gasteiger partial charge in [0.2, 0.25) is 0 Å². The van der Waals surface area contributed by atoms with Gasteiger partial charge in [-0.1, -0.05) is 167 Å². The fourth-order valence-electron chi connectivity index (χ4n) is 4.64. The molecule has 31 heavy (non-hydrogen) atoms. The molecule has 0 aromatic rings. The van der Waals surface area contributed by atoms with E-state index in [0.29, 0.717) is 0 Å². The van der Waals surface area contributed by atoms with Crippen LogP contribution in [0, 0.1) is 0 Å². The Morgan fingerprint density at radius 2 is 0.645 bits per heavy atom. The molecule has 0 radical (unpaired) electrons. The van der Waals surface area contributed by atoms with Gasteiger partial charge in [0.15, 0.2) is 0 Å². The van der Waals surface area contributed by atoms with Crippen LogP contribution in [0.1, 0.15) is 174 Å². The van der Waals surface area contributed by atoms with Crippen molar-refractivity contribution in [2.45, 2.75) is 180 Å². The molecule has 1 unspecified atom stereocenters. The normalized spacial score (nSPS) is 12.5. The van der Waals surface area contributed by atoms with Crippen LogP contribution in [0.15, 0.2) is 0 Å². The molecule has 0 aliphatic rings. The number of hydrogen-bond donors (Lipinski definition) is 2. The minimum Gasteiger partial charge on any atom is -0.395 e. The minimum absolute atomic E-state index is 0.00420. The molecule has 0 aromatic heterocycles. The van der Waals surface area contributed by atoms with Gasteiger partial charge in [0, 0.05) is 6.04 Å². The lowest BCUT2D eigenvalue weighted by Crippen LogP contribution is -2.23. The molecule has 0 fully saturated rings. The van der Waals surface area contributed by atoms with E-state index >= 15 is 0 Å². The molecule has 0 aromatic carbocycles. The molecule has 0 heterocycles. The van der Waals surface area contributed by atoms with E-state index in [-0.39, 0.29) is 12.6 Å². The molecule has 0 amide bonds. The quantitative estimate of drug-likeness (QED) is 0.125. The van der Waals surface area contributed by atoms with Crippen molar-refractivity contribution in [3.8, 4) is 0 Å². The molecule has 2 heteroatoms. The van der Waals surface area contributed by atoms with Crippen LogP contribution in [0.5, 0.6) is 0 Å². The van der Waals surface area contributed by atoms with Crippen molar-refractivity contribution < 1.29 is 5.11 Å². The lowest BCUT2D eigenvalue weighted by atomic mass is 10.0. The van der Waals surface area contributed by atoms with Gasteiger partial charge in [0.05, 0.1) is 6.61 Å². The Hall–Kier alpha value is -0.0800. The lowest BCUT2D eigenvalue weighted by Gasteiger charge is -2.07. The highest BCUT2D eigenvalue weighted by atomic mass is 16.3. The van der Waals surface area contributed by atoms with Crippen molar-refractivity contribution in [3.63, 3.8) is 0 Å². The molecule has 0 saturated carbocycles. The third-order valence-electron chi connectivity index (χ3n) is 6.91. The van der Waals surface area contributed by atoms with Gasteiger partial charge in [-0.2, -0.15) is 0 Å². The summed E-state index contributed by atoms with van der Waals surface area (Å²) in [6.45, 7) is 2.44. The molecule has 2 nitrogen and oxygen atoms in total. The molecule has 3 N–H and O–H groups in total. The van der Waals surface area contributed by atoms with Gasteiger partial charge in [0.25, 0.3) is 0 Å². The maximum absolute atomic E-state index is 8.90. The van der Waals surface area contributed by atoms with E-state index in [1.165, 1.54) is 161 Å². The maximum atomic E-state index is 8.90. The zero-order chi connectivity index (χ0) is 22.7. The summed E-state index contributed by atoms with van der Waals surface area (Å²) in [5, 5.41) is 8.90. The predicted octanol–water partition coefficient (Wildman–Crippen LogP) is 9.47. The average Bonchev–Trinajstić information content (AvgIpc) is 2.78. The Labute approximate surface area is 197 Å². The summed E-state index contributed by atoms with van der Waals surface area (Å²) in [5.41, 5.74) is 5.72. The van der Waals surface area contributed by atoms with Crippen LogP contribution in [-0.4, -0.2) is 17.8 Å². The van der Waals surface area contributed by atoms with Gasteiger partial charge in [-0.05, 0) is 6.42 Å². The first-order chi connectivity index (χ1) is 15.3. The van der Waals surface area contributed by atoms with Crippen LogP contribution in [0.4, 0.5) is 0 Å². The van der Waals surface area contributed by atoms with E-state index in [1.807, 2.05) is 0 Å². The van der Waals surface area contributed by atoms with Crippen molar-refractivity contribution in [1.82, 2.24) is 0 Å². The van der Waals surface area contributed by atoms with Crippen LogP contribution in [0.2, 0.25) is 0 Å². The highest BCUT2D eigenvalue weighted by Crippen LogP contribution is 2.16. The third-order valence-corrected chi connectivity index (χ3v) is 6.91. The SMILES string of the molecule is CCCCCCCCCCCCCCCCCCCCCCCCCCCC(N)CO. The standard InChI is InChI=1S/C29H61NO/c1-2-3-4-5-6-7-8-9-10-11-12-13-14-15-16-17-18-19-20-21-22-23-24-25-26-27-29(30)28-31/h29,31H,2-28,30H2,1H3. The zero-order valence-corrected chi connectivity index (χ0v) is 21.7. The van der Waals surface area contributed by atoms with Crippen LogP contribution < -0.4 is 5.73 Å². The zero-order valence-electron chi connectivity index (χ0n) is 21.7. The molecule has 0 rings (SSSR count). The molecule has 0 saturated heterocycles. The molecular formula is C29H61NO. The smallest absolute Gasteiger partial charge is 0.0582 e. The maximum Gasteiger partial charge on any atom is 0.0582 e. The highest BCUT2D eigenvalue weighted by Gasteiger charge is 1.99. The summed E-state index contributed by atoms with van der Waals surface area (Å²) in [7, 11) is 0. The van der Waals surface area contributed by atoms with Gasteiger partial charge >= 0.3 is 0 Å². The average molecular weight is 440 g/mol. The topological polar surface area (TPSA) is 46.2 Å². The van der Waals surface area contributed by atoms with Gasteiger partial charge in [-0.15, -0.1) is 0 Å². The van der Waals surface area contributed by atoms with Crippen molar-refractivity contribution >= 4 is 0 Å². The van der Waals surface area contributed by atoms with Gasteiger partial charge in [0.1, 0.15) is 0 Å². The Bertz CT molecular complexity index is 307.